The third-order valence-electron chi connectivity index (χ3n) is 5.53. The van der Waals surface area contributed by atoms with Crippen LogP contribution in [0.5, 0.6) is 11.5 Å². The van der Waals surface area contributed by atoms with Crippen LogP contribution in [0.3, 0.4) is 0 Å². The number of hydrogen-bond donors (Lipinski definition) is 3. The zero-order chi connectivity index (χ0) is 23.9. The number of benzene rings is 2. The normalized spacial score (nSPS) is 13.2. The van der Waals surface area contributed by atoms with E-state index in [1.54, 1.807) is 45.5 Å². The Balaban J connectivity index is 1.42. The molecule has 1 aliphatic heterocycles. The van der Waals surface area contributed by atoms with Crippen molar-refractivity contribution in [2.45, 2.75) is 0 Å². The molecule has 2 heterocycles. The van der Waals surface area contributed by atoms with Crippen molar-refractivity contribution in [3.05, 3.63) is 54.9 Å². The lowest BCUT2D eigenvalue weighted by Crippen LogP contribution is -2.43. The third-order valence-corrected chi connectivity index (χ3v) is 5.53. The van der Waals surface area contributed by atoms with Gasteiger partial charge in [0.2, 0.25) is 0 Å². The maximum absolute atomic E-state index is 12.8. The number of ether oxygens (including phenoxy) is 2. The van der Waals surface area contributed by atoms with Gasteiger partial charge in [-0.25, -0.2) is 14.8 Å². The van der Waals surface area contributed by atoms with Crippen molar-refractivity contribution in [3.63, 3.8) is 0 Å². The minimum absolute atomic E-state index is 0.361. The second-order valence-electron chi connectivity index (χ2n) is 7.76. The van der Waals surface area contributed by atoms with Gasteiger partial charge in [0.1, 0.15) is 29.5 Å². The van der Waals surface area contributed by atoms with Crippen molar-refractivity contribution in [2.24, 2.45) is 0 Å². The number of nitrogens with one attached hydrogen (secondary N) is 3. The van der Waals surface area contributed by atoms with Crippen LogP contribution in [-0.4, -0.2) is 63.4 Å². The topological polar surface area (TPSA) is 104 Å². The molecule has 0 aliphatic carbocycles. The number of urea groups is 1. The van der Waals surface area contributed by atoms with E-state index in [9.17, 15) is 4.79 Å². The van der Waals surface area contributed by atoms with Gasteiger partial charge in [0.25, 0.3) is 0 Å². The molecule has 10 heteroatoms. The molecule has 2 aromatic carbocycles. The van der Waals surface area contributed by atoms with Gasteiger partial charge in [-0.15, -0.1) is 0 Å². The molecule has 1 saturated heterocycles. The summed E-state index contributed by atoms with van der Waals surface area (Å²) in [5.74, 6) is 2.19. The third kappa shape index (κ3) is 5.65. The summed E-state index contributed by atoms with van der Waals surface area (Å²) in [6.45, 7) is 3.99. The van der Waals surface area contributed by atoms with Crippen molar-refractivity contribution in [2.75, 3.05) is 67.9 Å². The van der Waals surface area contributed by atoms with Crippen LogP contribution in [0.2, 0.25) is 0 Å². The van der Waals surface area contributed by atoms with Crippen LogP contribution in [0, 0.1) is 0 Å². The van der Waals surface area contributed by atoms with Crippen LogP contribution < -0.4 is 35.2 Å². The van der Waals surface area contributed by atoms with Gasteiger partial charge < -0.3 is 30.3 Å². The first kappa shape index (κ1) is 23.1. The molecule has 34 heavy (non-hydrogen) atoms. The number of amides is 2. The maximum Gasteiger partial charge on any atom is 0.327 e. The number of methoxy groups -OCH3 is 2. The first-order chi connectivity index (χ1) is 16.6. The first-order valence-electron chi connectivity index (χ1n) is 11.0. The Kier molecular flexibility index (Phi) is 7.28. The SMILES string of the molecule is COc1cc(NC(=O)N(C)c2cc(Nc3ccc(N4CCNCC4)cc3)ncn2)cc(OC)c1. The number of aromatic nitrogens is 2. The molecule has 2 amide bonds. The molecule has 3 aromatic rings. The lowest BCUT2D eigenvalue weighted by Gasteiger charge is -2.29. The zero-order valence-corrected chi connectivity index (χ0v) is 19.5. The molecule has 0 bridgehead atoms. The van der Waals surface area contributed by atoms with E-state index in [4.69, 9.17) is 9.47 Å². The molecule has 1 fully saturated rings. The van der Waals surface area contributed by atoms with Crippen molar-refractivity contribution in [3.8, 4) is 11.5 Å². The van der Waals surface area contributed by atoms with Gasteiger partial charge in [-0.05, 0) is 24.3 Å². The molecule has 4 rings (SSSR count). The number of hydrogen-bond acceptors (Lipinski definition) is 8. The lowest BCUT2D eigenvalue weighted by atomic mass is 10.2. The second kappa shape index (κ2) is 10.7. The van der Waals surface area contributed by atoms with E-state index in [1.807, 2.05) is 12.1 Å². The molecule has 3 N–H and O–H groups in total. The highest BCUT2D eigenvalue weighted by atomic mass is 16.5. The highest BCUT2D eigenvalue weighted by Gasteiger charge is 2.15. The van der Waals surface area contributed by atoms with E-state index in [2.05, 4.69) is 43.0 Å². The van der Waals surface area contributed by atoms with Gasteiger partial charge in [-0.2, -0.15) is 0 Å². The molecule has 0 atom stereocenters. The van der Waals surface area contributed by atoms with E-state index in [-0.39, 0.29) is 6.03 Å². The molecule has 1 aromatic heterocycles. The van der Waals surface area contributed by atoms with Gasteiger partial charge in [-0.1, -0.05) is 0 Å². The van der Waals surface area contributed by atoms with E-state index in [0.29, 0.717) is 28.8 Å². The summed E-state index contributed by atoms with van der Waals surface area (Å²) in [4.78, 5) is 25.1. The van der Waals surface area contributed by atoms with Crippen LogP contribution in [0.25, 0.3) is 0 Å². The largest absolute Gasteiger partial charge is 0.497 e. The number of nitrogens with zero attached hydrogens (tertiary/aromatic N) is 4. The molecular weight excluding hydrogens is 434 g/mol. The molecule has 178 valence electrons. The first-order valence-corrected chi connectivity index (χ1v) is 11.0. The van der Waals surface area contributed by atoms with Gasteiger partial charge in [0.05, 0.1) is 14.2 Å². The highest BCUT2D eigenvalue weighted by Crippen LogP contribution is 2.27. The van der Waals surface area contributed by atoms with E-state index in [0.717, 1.165) is 31.9 Å². The maximum atomic E-state index is 12.8. The van der Waals surface area contributed by atoms with E-state index < -0.39 is 0 Å². The molecule has 0 spiro atoms. The number of anilines is 5. The number of carbonyl (C=O) groups excluding carboxylic acids is 1. The zero-order valence-electron chi connectivity index (χ0n) is 19.5. The Bertz CT molecular complexity index is 1100. The summed E-state index contributed by atoms with van der Waals surface area (Å²) in [5, 5.41) is 9.47. The summed E-state index contributed by atoms with van der Waals surface area (Å²) in [6.07, 6.45) is 1.42. The molecule has 0 unspecified atom stereocenters. The van der Waals surface area contributed by atoms with E-state index >= 15 is 0 Å². The fraction of sp³-hybridized carbons (Fsp3) is 0.292. The lowest BCUT2D eigenvalue weighted by molar-refractivity contribution is 0.258. The number of carbonyl (C=O) groups is 1. The molecule has 0 radical (unpaired) electrons. The van der Waals surface area contributed by atoms with Gasteiger partial charge in [0, 0.05) is 74.6 Å². The van der Waals surface area contributed by atoms with Crippen molar-refractivity contribution >= 4 is 34.7 Å². The average Bonchev–Trinajstić information content (AvgIpc) is 2.89. The Hall–Kier alpha value is -4.05. The Morgan fingerprint density at radius 1 is 0.971 bits per heavy atom. The summed E-state index contributed by atoms with van der Waals surface area (Å²) < 4.78 is 10.5. The molecular formula is C24H29N7O3. The van der Waals surface area contributed by atoms with Gasteiger partial charge in [-0.3, -0.25) is 4.90 Å². The smallest absolute Gasteiger partial charge is 0.327 e. The Morgan fingerprint density at radius 2 is 1.65 bits per heavy atom. The second-order valence-corrected chi connectivity index (χ2v) is 7.76. The number of rotatable bonds is 7. The summed E-state index contributed by atoms with van der Waals surface area (Å²) >= 11 is 0. The van der Waals surface area contributed by atoms with Crippen molar-refractivity contribution < 1.29 is 14.3 Å². The predicted octanol–water partition coefficient (Wildman–Crippen LogP) is 3.32. The summed E-state index contributed by atoms with van der Waals surface area (Å²) in [5.41, 5.74) is 2.64. The fourth-order valence-electron chi connectivity index (χ4n) is 3.62. The Labute approximate surface area is 198 Å². The predicted molar refractivity (Wildman–Crippen MR) is 134 cm³/mol. The molecule has 0 saturated carbocycles. The minimum atomic E-state index is -0.361. The Morgan fingerprint density at radius 3 is 2.29 bits per heavy atom. The fourth-order valence-corrected chi connectivity index (χ4v) is 3.62. The summed E-state index contributed by atoms with van der Waals surface area (Å²) in [7, 11) is 4.75. The minimum Gasteiger partial charge on any atom is -0.497 e. The van der Waals surface area contributed by atoms with Gasteiger partial charge >= 0.3 is 6.03 Å². The van der Waals surface area contributed by atoms with Gasteiger partial charge in [0.15, 0.2) is 0 Å². The average molecular weight is 464 g/mol. The molecule has 1 aliphatic rings. The summed E-state index contributed by atoms with van der Waals surface area (Å²) in [6, 6.07) is 14.7. The van der Waals surface area contributed by atoms with Crippen LogP contribution in [0.4, 0.5) is 33.5 Å². The van der Waals surface area contributed by atoms with Crippen molar-refractivity contribution in [1.29, 1.82) is 0 Å². The highest BCUT2D eigenvalue weighted by molar-refractivity contribution is 6.01. The molecule has 10 nitrogen and oxygen atoms in total. The van der Waals surface area contributed by atoms with Crippen molar-refractivity contribution in [1.82, 2.24) is 15.3 Å². The van der Waals surface area contributed by atoms with Crippen LogP contribution >= 0.6 is 0 Å². The van der Waals surface area contributed by atoms with Crippen LogP contribution in [0.15, 0.2) is 54.9 Å². The van der Waals surface area contributed by atoms with Crippen LogP contribution in [0.1, 0.15) is 0 Å². The quantitative estimate of drug-likeness (QED) is 0.490. The van der Waals surface area contributed by atoms with Crippen LogP contribution in [-0.2, 0) is 0 Å². The van der Waals surface area contributed by atoms with E-state index in [1.165, 1.54) is 16.9 Å². The standard InChI is InChI=1S/C24H29N7O3/c1-30(24(32)29-18-12-20(33-2)14-21(13-18)34-3)23-15-22(26-16-27-23)28-17-4-6-19(7-5-17)31-10-8-25-9-11-31/h4-7,12-16,25H,8-11H2,1-3H3,(H,29,32)(H,26,27,28). The monoisotopic (exact) mass is 463 g/mol. The number of piperazine rings is 1.